The number of halogens is 2. The van der Waals surface area contributed by atoms with Crippen LogP contribution in [0.2, 0.25) is 0 Å². The molecular weight excluding hydrogens is 200 g/mol. The Kier molecular flexibility index (Phi) is 2.33. The summed E-state index contributed by atoms with van der Waals surface area (Å²) < 4.78 is 26.2. The molecule has 15 heavy (non-hydrogen) atoms. The maximum Gasteiger partial charge on any atom is 0.225 e. The SMILES string of the molecule is O=c1c(F)c[nH]cc1-c1ccccc1F. The number of hydrogen-bond donors (Lipinski definition) is 1. The van der Waals surface area contributed by atoms with Crippen molar-refractivity contribution in [1.29, 1.82) is 0 Å². The lowest BCUT2D eigenvalue weighted by atomic mass is 10.1. The number of aromatic amines is 1. The third-order valence-electron chi connectivity index (χ3n) is 2.06. The van der Waals surface area contributed by atoms with Gasteiger partial charge in [-0.15, -0.1) is 0 Å². The summed E-state index contributed by atoms with van der Waals surface area (Å²) in [5, 5.41) is 0. The Labute approximate surface area is 84.2 Å². The predicted molar refractivity (Wildman–Crippen MR) is 52.4 cm³/mol. The highest BCUT2D eigenvalue weighted by Crippen LogP contribution is 2.18. The van der Waals surface area contributed by atoms with E-state index in [1.807, 2.05) is 0 Å². The van der Waals surface area contributed by atoms with Crippen molar-refractivity contribution in [3.63, 3.8) is 0 Å². The van der Waals surface area contributed by atoms with Crippen molar-refractivity contribution in [2.45, 2.75) is 0 Å². The van der Waals surface area contributed by atoms with Crippen LogP contribution in [0.25, 0.3) is 11.1 Å². The van der Waals surface area contributed by atoms with Gasteiger partial charge in [-0.1, -0.05) is 18.2 Å². The second-order valence-electron chi connectivity index (χ2n) is 3.03. The minimum atomic E-state index is -0.921. The summed E-state index contributed by atoms with van der Waals surface area (Å²) in [7, 11) is 0. The van der Waals surface area contributed by atoms with Gasteiger partial charge in [0.15, 0.2) is 5.82 Å². The summed E-state index contributed by atoms with van der Waals surface area (Å²) in [5.41, 5.74) is -0.717. The second kappa shape index (κ2) is 3.65. The number of hydrogen-bond acceptors (Lipinski definition) is 1. The predicted octanol–water partition coefficient (Wildman–Crippen LogP) is 2.32. The van der Waals surface area contributed by atoms with E-state index in [1.54, 1.807) is 6.07 Å². The van der Waals surface area contributed by atoms with Gasteiger partial charge >= 0.3 is 0 Å². The minimum Gasteiger partial charge on any atom is -0.364 e. The Morgan fingerprint density at radius 1 is 0.933 bits per heavy atom. The zero-order chi connectivity index (χ0) is 10.8. The van der Waals surface area contributed by atoms with Crippen LogP contribution < -0.4 is 5.43 Å². The molecule has 0 aliphatic rings. The summed E-state index contributed by atoms with van der Waals surface area (Å²) >= 11 is 0. The molecular formula is C11H7F2NO. The number of pyridine rings is 1. The molecule has 0 saturated carbocycles. The number of rotatable bonds is 1. The molecule has 2 rings (SSSR count). The third-order valence-corrected chi connectivity index (χ3v) is 2.06. The van der Waals surface area contributed by atoms with Gasteiger partial charge in [0.2, 0.25) is 5.43 Å². The third kappa shape index (κ3) is 1.66. The lowest BCUT2D eigenvalue weighted by molar-refractivity contribution is 0.610. The molecule has 2 nitrogen and oxygen atoms in total. The molecule has 1 aromatic heterocycles. The zero-order valence-electron chi connectivity index (χ0n) is 7.63. The molecule has 0 amide bonds. The molecule has 0 bridgehead atoms. The fourth-order valence-electron chi connectivity index (χ4n) is 1.34. The van der Waals surface area contributed by atoms with Gasteiger partial charge in [-0.3, -0.25) is 4.79 Å². The molecule has 0 aliphatic heterocycles. The number of benzene rings is 1. The van der Waals surface area contributed by atoms with Gasteiger partial charge in [0.05, 0.1) is 5.56 Å². The number of H-pyrrole nitrogens is 1. The van der Waals surface area contributed by atoms with Crippen molar-refractivity contribution >= 4 is 0 Å². The van der Waals surface area contributed by atoms with E-state index < -0.39 is 17.1 Å². The minimum absolute atomic E-state index is 0.00639. The highest BCUT2D eigenvalue weighted by atomic mass is 19.1. The molecule has 0 saturated heterocycles. The molecule has 1 aromatic carbocycles. The smallest absolute Gasteiger partial charge is 0.225 e. The van der Waals surface area contributed by atoms with Crippen LogP contribution in [-0.2, 0) is 0 Å². The molecule has 1 heterocycles. The Morgan fingerprint density at radius 3 is 2.40 bits per heavy atom. The van der Waals surface area contributed by atoms with E-state index in [1.165, 1.54) is 24.4 Å². The van der Waals surface area contributed by atoms with Crippen LogP contribution in [0.5, 0.6) is 0 Å². The van der Waals surface area contributed by atoms with Gasteiger partial charge in [0.25, 0.3) is 0 Å². The van der Waals surface area contributed by atoms with Crippen LogP contribution in [-0.4, -0.2) is 4.98 Å². The fourth-order valence-corrected chi connectivity index (χ4v) is 1.34. The molecule has 0 aliphatic carbocycles. The standard InChI is InChI=1S/C11H7F2NO/c12-9-4-2-1-3-7(9)8-5-14-6-10(13)11(8)15/h1-6H,(H,14,15). The molecule has 0 spiro atoms. The first-order valence-corrected chi connectivity index (χ1v) is 4.31. The van der Waals surface area contributed by atoms with Crippen LogP contribution >= 0.6 is 0 Å². The lowest BCUT2D eigenvalue weighted by Gasteiger charge is -2.01. The zero-order valence-corrected chi connectivity index (χ0v) is 7.63. The first-order chi connectivity index (χ1) is 7.20. The number of nitrogens with one attached hydrogen (secondary N) is 1. The summed E-state index contributed by atoms with van der Waals surface area (Å²) in [6.07, 6.45) is 2.22. The van der Waals surface area contributed by atoms with Gasteiger partial charge in [0.1, 0.15) is 5.82 Å². The molecule has 1 N–H and O–H groups in total. The van der Waals surface area contributed by atoms with Crippen molar-refractivity contribution < 1.29 is 8.78 Å². The normalized spacial score (nSPS) is 10.3. The largest absolute Gasteiger partial charge is 0.364 e. The summed E-state index contributed by atoms with van der Waals surface area (Å²) in [6.45, 7) is 0. The molecule has 0 radical (unpaired) electrons. The fraction of sp³-hybridized carbons (Fsp3) is 0. The first-order valence-electron chi connectivity index (χ1n) is 4.31. The van der Waals surface area contributed by atoms with Crippen LogP contribution in [0.4, 0.5) is 8.78 Å². The summed E-state index contributed by atoms with van der Waals surface area (Å²) in [6, 6.07) is 5.74. The quantitative estimate of drug-likeness (QED) is 0.764. The Bertz CT molecular complexity index is 548. The lowest BCUT2D eigenvalue weighted by Crippen LogP contribution is -2.10. The molecule has 0 fully saturated rings. The monoisotopic (exact) mass is 207 g/mol. The highest BCUT2D eigenvalue weighted by molar-refractivity contribution is 5.62. The molecule has 76 valence electrons. The maximum absolute atomic E-state index is 13.3. The average Bonchev–Trinajstić information content (AvgIpc) is 2.23. The van der Waals surface area contributed by atoms with Gasteiger partial charge in [0, 0.05) is 18.0 Å². The van der Waals surface area contributed by atoms with E-state index in [-0.39, 0.29) is 11.1 Å². The average molecular weight is 207 g/mol. The molecule has 0 atom stereocenters. The van der Waals surface area contributed by atoms with E-state index >= 15 is 0 Å². The van der Waals surface area contributed by atoms with Crippen LogP contribution in [0, 0.1) is 11.6 Å². The molecule has 2 aromatic rings. The van der Waals surface area contributed by atoms with Crippen molar-refractivity contribution in [2.75, 3.05) is 0 Å². The number of aromatic nitrogens is 1. The van der Waals surface area contributed by atoms with Crippen molar-refractivity contribution in [3.05, 3.63) is 58.5 Å². The van der Waals surface area contributed by atoms with E-state index in [4.69, 9.17) is 0 Å². The van der Waals surface area contributed by atoms with Crippen LogP contribution in [0.1, 0.15) is 0 Å². The van der Waals surface area contributed by atoms with Gasteiger partial charge in [-0.05, 0) is 6.07 Å². The van der Waals surface area contributed by atoms with Crippen LogP contribution in [0.3, 0.4) is 0 Å². The highest BCUT2D eigenvalue weighted by Gasteiger charge is 2.10. The Balaban J connectivity index is 2.70. The molecule has 0 unspecified atom stereocenters. The van der Waals surface area contributed by atoms with E-state index in [2.05, 4.69) is 4.98 Å². The second-order valence-corrected chi connectivity index (χ2v) is 3.03. The van der Waals surface area contributed by atoms with E-state index in [9.17, 15) is 13.6 Å². The van der Waals surface area contributed by atoms with Gasteiger partial charge < -0.3 is 4.98 Å². The maximum atomic E-state index is 13.3. The van der Waals surface area contributed by atoms with Crippen molar-refractivity contribution in [2.24, 2.45) is 0 Å². The topological polar surface area (TPSA) is 32.9 Å². The summed E-state index contributed by atoms with van der Waals surface area (Å²) in [4.78, 5) is 13.8. The Morgan fingerprint density at radius 2 is 1.67 bits per heavy atom. The Hall–Kier alpha value is -1.97. The molecule has 4 heteroatoms. The first kappa shape index (κ1) is 9.58. The van der Waals surface area contributed by atoms with Crippen molar-refractivity contribution in [1.82, 2.24) is 4.98 Å². The van der Waals surface area contributed by atoms with Gasteiger partial charge in [-0.2, -0.15) is 0 Å². The van der Waals surface area contributed by atoms with E-state index in [0.29, 0.717) is 0 Å². The van der Waals surface area contributed by atoms with E-state index in [0.717, 1.165) is 6.20 Å². The van der Waals surface area contributed by atoms with Crippen LogP contribution in [0.15, 0.2) is 41.5 Å². The van der Waals surface area contributed by atoms with Crippen molar-refractivity contribution in [3.8, 4) is 11.1 Å². The van der Waals surface area contributed by atoms with Gasteiger partial charge in [-0.25, -0.2) is 8.78 Å². The summed E-state index contributed by atoms with van der Waals surface area (Å²) in [5.74, 6) is -1.47.